The monoisotopic (exact) mass is 542 g/mol. The third-order valence-electron chi connectivity index (χ3n) is 3.82. The Morgan fingerprint density at radius 3 is 2.50 bits per heavy atom. The van der Waals surface area contributed by atoms with E-state index in [-0.39, 0.29) is 42.9 Å². The second kappa shape index (κ2) is 11.4. The first kappa shape index (κ1) is 26.0. The molecule has 0 aliphatic heterocycles. The van der Waals surface area contributed by atoms with Crippen molar-refractivity contribution in [3.8, 4) is 5.88 Å². The minimum Gasteiger partial charge on any atom is -0.468 e. The highest BCUT2D eigenvalue weighted by Gasteiger charge is 2.28. The smallest absolute Gasteiger partial charge is 0.422 e. The van der Waals surface area contributed by atoms with Crippen LogP contribution >= 0.6 is 24.0 Å². The molecule has 3 N–H and O–H groups in total. The SMILES string of the molecule is CCNC(=NCc1ccc(OCC(F)(F)F)nc1)NCC(C)(O)c1ccc(C)o1.I. The topological polar surface area (TPSA) is 91.9 Å². The van der Waals surface area contributed by atoms with Crippen LogP contribution in [-0.2, 0) is 12.1 Å². The molecule has 0 aliphatic rings. The lowest BCUT2D eigenvalue weighted by molar-refractivity contribution is -0.154. The molecule has 0 radical (unpaired) electrons. The Morgan fingerprint density at radius 1 is 1.23 bits per heavy atom. The molecule has 0 bridgehead atoms. The van der Waals surface area contributed by atoms with Crippen LogP contribution in [0.2, 0.25) is 0 Å². The summed E-state index contributed by atoms with van der Waals surface area (Å²) in [5.74, 6) is 1.51. The van der Waals surface area contributed by atoms with Crippen LogP contribution in [0.15, 0.2) is 39.9 Å². The van der Waals surface area contributed by atoms with E-state index in [1.807, 2.05) is 6.92 Å². The van der Waals surface area contributed by atoms with E-state index < -0.39 is 18.4 Å². The average Bonchev–Trinajstić information content (AvgIpc) is 3.10. The van der Waals surface area contributed by atoms with Crippen LogP contribution in [-0.4, -0.2) is 41.9 Å². The number of guanidine groups is 1. The number of pyridine rings is 1. The molecule has 0 amide bonds. The summed E-state index contributed by atoms with van der Waals surface area (Å²) in [6.07, 6.45) is -3.01. The number of hydrogen-bond acceptors (Lipinski definition) is 5. The Morgan fingerprint density at radius 2 is 1.97 bits per heavy atom. The lowest BCUT2D eigenvalue weighted by Crippen LogP contribution is -2.44. The van der Waals surface area contributed by atoms with Crippen molar-refractivity contribution in [3.05, 3.63) is 47.5 Å². The van der Waals surface area contributed by atoms with Crippen molar-refractivity contribution in [1.82, 2.24) is 15.6 Å². The molecule has 168 valence electrons. The van der Waals surface area contributed by atoms with Gasteiger partial charge in [0.1, 0.15) is 17.1 Å². The quantitative estimate of drug-likeness (QED) is 0.269. The van der Waals surface area contributed by atoms with Crippen LogP contribution < -0.4 is 15.4 Å². The summed E-state index contributed by atoms with van der Waals surface area (Å²) in [5, 5.41) is 16.7. The molecule has 0 aromatic carbocycles. The maximum atomic E-state index is 12.2. The average molecular weight is 542 g/mol. The van der Waals surface area contributed by atoms with Crippen LogP contribution in [0.1, 0.15) is 30.9 Å². The van der Waals surface area contributed by atoms with E-state index in [1.165, 1.54) is 12.3 Å². The van der Waals surface area contributed by atoms with Crippen molar-refractivity contribution in [2.45, 2.75) is 39.1 Å². The van der Waals surface area contributed by atoms with E-state index in [2.05, 4.69) is 25.3 Å². The Bertz CT molecular complexity index is 808. The van der Waals surface area contributed by atoms with E-state index in [4.69, 9.17) is 4.42 Å². The Labute approximate surface area is 190 Å². The van der Waals surface area contributed by atoms with Crippen LogP contribution in [0.3, 0.4) is 0 Å². The number of aliphatic imine (C=N–C) groups is 1. The molecule has 1 unspecified atom stereocenters. The molecule has 2 aromatic rings. The summed E-state index contributed by atoms with van der Waals surface area (Å²) >= 11 is 0. The standard InChI is InChI=1S/C19H25F3N4O3.HI/c1-4-23-17(26-11-18(3,27)15-7-5-13(2)29-15)25-10-14-6-8-16(24-9-14)28-12-19(20,21)22;/h5-9,27H,4,10-12H2,1-3H3,(H2,23,25,26);1H. The van der Waals surface area contributed by atoms with Crippen molar-refractivity contribution in [3.63, 3.8) is 0 Å². The van der Waals surface area contributed by atoms with E-state index in [1.54, 1.807) is 32.0 Å². The molecular weight excluding hydrogens is 516 g/mol. The predicted octanol–water partition coefficient (Wildman–Crippen LogP) is 3.50. The first-order chi connectivity index (χ1) is 13.6. The molecule has 1 atom stereocenters. The lowest BCUT2D eigenvalue weighted by Gasteiger charge is -2.22. The Kier molecular flexibility index (Phi) is 9.88. The van der Waals surface area contributed by atoms with E-state index in [9.17, 15) is 18.3 Å². The van der Waals surface area contributed by atoms with Gasteiger partial charge in [0.2, 0.25) is 5.88 Å². The second-order valence-electron chi connectivity index (χ2n) is 6.64. The highest BCUT2D eigenvalue weighted by atomic mass is 127. The van der Waals surface area contributed by atoms with Gasteiger partial charge in [-0.1, -0.05) is 6.07 Å². The summed E-state index contributed by atoms with van der Waals surface area (Å²) in [4.78, 5) is 8.24. The molecule has 0 saturated carbocycles. The molecule has 0 saturated heterocycles. The summed E-state index contributed by atoms with van der Waals surface area (Å²) < 4.78 is 46.5. The van der Waals surface area contributed by atoms with Gasteiger partial charge in [-0.25, -0.2) is 9.98 Å². The normalized spacial score (nSPS) is 13.9. The van der Waals surface area contributed by atoms with Gasteiger partial charge in [0, 0.05) is 18.8 Å². The van der Waals surface area contributed by atoms with Crippen LogP contribution in [0.4, 0.5) is 13.2 Å². The molecule has 2 rings (SSSR count). The molecular formula is C19H26F3IN4O3. The molecule has 2 aromatic heterocycles. The second-order valence-corrected chi connectivity index (χ2v) is 6.64. The van der Waals surface area contributed by atoms with E-state index >= 15 is 0 Å². The van der Waals surface area contributed by atoms with Gasteiger partial charge in [0.15, 0.2) is 12.6 Å². The number of rotatable bonds is 8. The summed E-state index contributed by atoms with van der Waals surface area (Å²) in [6, 6.07) is 6.45. The van der Waals surface area contributed by atoms with Gasteiger partial charge in [-0.2, -0.15) is 13.2 Å². The molecule has 7 nitrogen and oxygen atoms in total. The maximum Gasteiger partial charge on any atom is 0.422 e. The van der Waals surface area contributed by atoms with Gasteiger partial charge >= 0.3 is 6.18 Å². The maximum absolute atomic E-state index is 12.2. The Hall–Kier alpha value is -2.02. The van der Waals surface area contributed by atoms with Crippen molar-refractivity contribution in [2.24, 2.45) is 4.99 Å². The molecule has 0 fully saturated rings. The molecule has 30 heavy (non-hydrogen) atoms. The number of nitrogens with one attached hydrogen (secondary N) is 2. The highest BCUT2D eigenvalue weighted by molar-refractivity contribution is 14.0. The fourth-order valence-electron chi connectivity index (χ4n) is 2.32. The van der Waals surface area contributed by atoms with Gasteiger partial charge in [-0.3, -0.25) is 0 Å². The minimum atomic E-state index is -4.41. The van der Waals surface area contributed by atoms with Gasteiger partial charge in [0.05, 0.1) is 13.1 Å². The zero-order valence-corrected chi connectivity index (χ0v) is 19.2. The van der Waals surface area contributed by atoms with Crippen LogP contribution in [0.5, 0.6) is 5.88 Å². The number of nitrogens with zero attached hydrogens (tertiary/aromatic N) is 2. The van der Waals surface area contributed by atoms with Gasteiger partial charge in [-0.15, -0.1) is 24.0 Å². The zero-order chi connectivity index (χ0) is 21.5. The summed E-state index contributed by atoms with van der Waals surface area (Å²) in [5.41, 5.74) is -0.543. The fraction of sp³-hybridized carbons (Fsp3) is 0.474. The molecule has 2 heterocycles. The van der Waals surface area contributed by atoms with Crippen molar-refractivity contribution >= 4 is 29.9 Å². The minimum absolute atomic E-state index is 0. The zero-order valence-electron chi connectivity index (χ0n) is 16.9. The number of aromatic nitrogens is 1. The highest BCUT2D eigenvalue weighted by Crippen LogP contribution is 2.22. The number of aliphatic hydroxyl groups is 1. The predicted molar refractivity (Wildman–Crippen MR) is 117 cm³/mol. The number of hydrogen-bond donors (Lipinski definition) is 3. The molecule has 11 heteroatoms. The van der Waals surface area contributed by atoms with Crippen LogP contribution in [0.25, 0.3) is 0 Å². The van der Waals surface area contributed by atoms with Crippen LogP contribution in [0, 0.1) is 6.92 Å². The number of furan rings is 1. The number of ether oxygens (including phenoxy) is 1. The van der Waals surface area contributed by atoms with E-state index in [0.29, 0.717) is 29.6 Å². The Balaban J connectivity index is 0.00000450. The number of halogens is 4. The first-order valence-electron chi connectivity index (χ1n) is 9.05. The fourth-order valence-corrected chi connectivity index (χ4v) is 2.32. The van der Waals surface area contributed by atoms with Gasteiger partial charge < -0.3 is 24.9 Å². The van der Waals surface area contributed by atoms with Gasteiger partial charge in [0.25, 0.3) is 0 Å². The van der Waals surface area contributed by atoms with Crippen molar-refractivity contribution < 1.29 is 27.4 Å². The van der Waals surface area contributed by atoms with E-state index in [0.717, 1.165) is 0 Å². The third-order valence-corrected chi connectivity index (χ3v) is 3.82. The lowest BCUT2D eigenvalue weighted by atomic mass is 10.0. The summed E-state index contributed by atoms with van der Waals surface area (Å²) in [6.45, 7) is 4.95. The van der Waals surface area contributed by atoms with Crippen molar-refractivity contribution in [1.29, 1.82) is 0 Å². The number of alkyl halides is 3. The molecule has 0 spiro atoms. The largest absolute Gasteiger partial charge is 0.468 e. The molecule has 0 aliphatic carbocycles. The summed E-state index contributed by atoms with van der Waals surface area (Å²) in [7, 11) is 0. The van der Waals surface area contributed by atoms with Crippen molar-refractivity contribution in [2.75, 3.05) is 19.7 Å². The third kappa shape index (κ3) is 8.78. The first-order valence-corrected chi connectivity index (χ1v) is 9.05. The number of aryl methyl sites for hydroxylation is 1. The van der Waals surface area contributed by atoms with Gasteiger partial charge in [-0.05, 0) is 38.5 Å².